The minimum Gasteiger partial charge on any atom is -0.454 e. The molecule has 3 aromatic carbocycles. The molecule has 222 valence electrons. The van der Waals surface area contributed by atoms with Crippen molar-refractivity contribution in [3.8, 4) is 0 Å². The molecule has 0 bridgehead atoms. The molecule has 1 aliphatic rings. The molecule has 1 saturated heterocycles. The van der Waals surface area contributed by atoms with Gasteiger partial charge >= 0.3 is 12.0 Å². The van der Waals surface area contributed by atoms with Crippen molar-refractivity contribution in [3.05, 3.63) is 120 Å². The monoisotopic (exact) mass is 592 g/mol. The van der Waals surface area contributed by atoms with Crippen molar-refractivity contribution in [3.63, 3.8) is 0 Å². The first-order valence-electron chi connectivity index (χ1n) is 14.2. The Morgan fingerprint density at radius 3 is 1.95 bits per heavy atom. The van der Waals surface area contributed by atoms with Crippen LogP contribution in [0, 0.1) is 12.0 Å². The summed E-state index contributed by atoms with van der Waals surface area (Å²) >= 11 is 0. The number of hydrogen-bond donors (Lipinski definition) is 0. The number of carbonyl (C=O) groups is 3. The molecule has 0 spiro atoms. The summed E-state index contributed by atoms with van der Waals surface area (Å²) in [5.41, 5.74) is 0.710. The molecular formula is C33H28FN5O5. The van der Waals surface area contributed by atoms with E-state index in [1.54, 1.807) is 91.0 Å². The lowest BCUT2D eigenvalue weighted by atomic mass is 9.98. The number of anilines is 1. The van der Waals surface area contributed by atoms with E-state index in [4.69, 9.17) is 9.47 Å². The van der Waals surface area contributed by atoms with Crippen LogP contribution in [0.4, 0.5) is 10.2 Å². The van der Waals surface area contributed by atoms with Crippen LogP contribution in [-0.4, -0.2) is 49.5 Å². The summed E-state index contributed by atoms with van der Waals surface area (Å²) in [6, 6.07) is 24.9. The number of fused-ring (bicyclic) bond motifs is 1. The van der Waals surface area contributed by atoms with Crippen LogP contribution in [0.3, 0.4) is 0 Å². The number of amides is 2. The number of nitrogens with zero attached hydrogens (tertiary/aromatic N) is 5. The van der Waals surface area contributed by atoms with Gasteiger partial charge in [0.25, 0.3) is 11.8 Å². The molecule has 1 fully saturated rings. The summed E-state index contributed by atoms with van der Waals surface area (Å²) in [6.07, 6.45) is -1.18. The van der Waals surface area contributed by atoms with Gasteiger partial charge in [0.2, 0.25) is 0 Å². The van der Waals surface area contributed by atoms with Gasteiger partial charge in [-0.2, -0.15) is 14.4 Å². The summed E-state index contributed by atoms with van der Waals surface area (Å²) in [6.45, 7) is 3.86. The highest BCUT2D eigenvalue weighted by atomic mass is 18.2. The van der Waals surface area contributed by atoms with Crippen LogP contribution in [0.1, 0.15) is 57.6 Å². The van der Waals surface area contributed by atoms with Crippen LogP contribution >= 0.6 is 0 Å². The van der Waals surface area contributed by atoms with E-state index in [1.807, 2.05) is 13.8 Å². The molecular weight excluding hydrogens is 564 g/mol. The Labute approximate surface area is 252 Å². The first-order chi connectivity index (χ1) is 21.4. The number of esters is 1. The number of ether oxygens (including phenoxy) is 2. The van der Waals surface area contributed by atoms with Crippen LogP contribution in [0.2, 0.25) is 0 Å². The zero-order chi connectivity index (χ0) is 30.8. The Morgan fingerprint density at radius 1 is 0.864 bits per heavy atom. The van der Waals surface area contributed by atoms with E-state index in [1.165, 1.54) is 10.9 Å². The Morgan fingerprint density at radius 2 is 1.41 bits per heavy atom. The Balaban J connectivity index is 1.45. The average molecular weight is 593 g/mol. The fraction of sp³-hybridized carbons (Fsp3) is 0.212. The lowest BCUT2D eigenvalue weighted by Crippen LogP contribution is -2.38. The maximum Gasteiger partial charge on any atom is 0.338 e. The van der Waals surface area contributed by atoms with Gasteiger partial charge in [-0.3, -0.25) is 14.2 Å². The third-order valence-electron chi connectivity index (χ3n) is 7.66. The van der Waals surface area contributed by atoms with Gasteiger partial charge in [-0.05, 0) is 42.8 Å². The highest BCUT2D eigenvalue weighted by Gasteiger charge is 2.46. The van der Waals surface area contributed by atoms with Crippen LogP contribution in [0.25, 0.3) is 11.2 Å². The van der Waals surface area contributed by atoms with Gasteiger partial charge in [-0.25, -0.2) is 14.7 Å². The van der Waals surface area contributed by atoms with E-state index in [0.717, 1.165) is 4.90 Å². The van der Waals surface area contributed by atoms with Gasteiger partial charge in [0.05, 0.1) is 18.0 Å². The van der Waals surface area contributed by atoms with Crippen molar-refractivity contribution in [2.75, 3.05) is 4.90 Å². The predicted molar refractivity (Wildman–Crippen MR) is 158 cm³/mol. The molecule has 4 atom stereocenters. The van der Waals surface area contributed by atoms with Gasteiger partial charge in [-0.15, -0.1) is 0 Å². The standard InChI is InChI=1S/C33H28FN5O5/c1-3-24-20(2)26(44-32(42)23-17-11-6-12-18-23)31(43-24)38-19-35-25-27(38)36-33(34)37-28(25)39(29(40)21-13-7-4-8-14-21)30(41)22-15-9-5-10-16-22/h4-20,24,26,31H,3H2,1-2H3/t20-,24-,26-,31-/m1/s1/i34-1. The molecule has 5 aromatic rings. The molecule has 2 aromatic heterocycles. The number of halogens is 1. The Kier molecular flexibility index (Phi) is 7.95. The van der Waals surface area contributed by atoms with Crippen molar-refractivity contribution >= 4 is 34.8 Å². The molecule has 0 N–H and O–H groups in total. The average Bonchev–Trinajstić information content (AvgIpc) is 3.62. The zero-order valence-electron chi connectivity index (χ0n) is 23.9. The molecule has 6 rings (SSSR count). The summed E-state index contributed by atoms with van der Waals surface area (Å²) in [4.78, 5) is 53.8. The molecule has 3 heterocycles. The second-order valence-electron chi connectivity index (χ2n) is 10.4. The van der Waals surface area contributed by atoms with Gasteiger partial charge in [0.15, 0.2) is 29.3 Å². The normalized spacial score (nSPS) is 19.5. The molecule has 44 heavy (non-hydrogen) atoms. The smallest absolute Gasteiger partial charge is 0.338 e. The third-order valence-corrected chi connectivity index (χ3v) is 7.66. The number of benzene rings is 3. The van der Waals surface area contributed by atoms with Gasteiger partial charge in [0, 0.05) is 17.0 Å². The second-order valence-corrected chi connectivity index (χ2v) is 10.4. The first kappa shape index (κ1) is 28.8. The molecule has 0 saturated carbocycles. The van der Waals surface area contributed by atoms with Crippen LogP contribution in [0.15, 0.2) is 97.3 Å². The number of rotatable bonds is 7. The van der Waals surface area contributed by atoms with Crippen LogP contribution < -0.4 is 4.90 Å². The maximum atomic E-state index is 15.2. The third kappa shape index (κ3) is 5.33. The van der Waals surface area contributed by atoms with E-state index in [9.17, 15) is 14.4 Å². The minimum absolute atomic E-state index is 0.00991. The van der Waals surface area contributed by atoms with Gasteiger partial charge in [0.1, 0.15) is 0 Å². The van der Waals surface area contributed by atoms with Crippen LogP contribution in [-0.2, 0) is 9.47 Å². The number of imide groups is 1. The first-order valence-corrected chi connectivity index (χ1v) is 14.2. The van der Waals surface area contributed by atoms with E-state index in [0.29, 0.717) is 12.0 Å². The van der Waals surface area contributed by atoms with E-state index in [2.05, 4.69) is 15.0 Å². The number of carbonyl (C=O) groups excluding carboxylic acids is 3. The molecule has 0 radical (unpaired) electrons. The zero-order valence-corrected chi connectivity index (χ0v) is 23.9. The summed E-state index contributed by atoms with van der Waals surface area (Å²) in [5, 5.41) is 0. The minimum atomic E-state index is -1.18. The summed E-state index contributed by atoms with van der Waals surface area (Å²) < 4.78 is 29.0. The van der Waals surface area contributed by atoms with Crippen molar-refractivity contribution in [2.24, 2.45) is 5.92 Å². The predicted octanol–water partition coefficient (Wildman–Crippen LogP) is 5.62. The van der Waals surface area contributed by atoms with Crippen LogP contribution in [0.5, 0.6) is 0 Å². The molecule has 1 aliphatic heterocycles. The van der Waals surface area contributed by atoms with Gasteiger partial charge in [-0.1, -0.05) is 68.4 Å². The highest BCUT2D eigenvalue weighted by molar-refractivity contribution is 6.27. The Hall–Kier alpha value is -5.29. The van der Waals surface area contributed by atoms with Crippen molar-refractivity contribution in [2.45, 2.75) is 38.7 Å². The molecule has 0 unspecified atom stereocenters. The molecule has 2 amide bonds. The largest absolute Gasteiger partial charge is 0.454 e. The number of hydrogen-bond acceptors (Lipinski definition) is 8. The van der Waals surface area contributed by atoms with Crippen molar-refractivity contribution in [1.82, 2.24) is 19.5 Å². The molecule has 11 heteroatoms. The Bertz CT molecular complexity index is 1760. The number of imidazole rings is 1. The van der Waals surface area contributed by atoms with Gasteiger partial charge < -0.3 is 9.47 Å². The quantitative estimate of drug-likeness (QED) is 0.136. The lowest BCUT2D eigenvalue weighted by Gasteiger charge is -2.23. The summed E-state index contributed by atoms with van der Waals surface area (Å²) in [7, 11) is 0. The topological polar surface area (TPSA) is 117 Å². The maximum absolute atomic E-state index is 15.2. The van der Waals surface area contributed by atoms with E-state index >= 15 is 4.39 Å². The SMILES string of the molecule is CC[C@H]1O[C@@H](n2cnc3c(N(C(=O)c4ccccc4)C(=O)c4ccccc4)nc([18F])nc32)[C@H](OC(=O)c2ccccc2)[C@@H]1C. The molecule has 0 aliphatic carbocycles. The number of aromatic nitrogens is 4. The van der Waals surface area contributed by atoms with Crippen molar-refractivity contribution in [1.29, 1.82) is 0 Å². The van der Waals surface area contributed by atoms with Crippen molar-refractivity contribution < 1.29 is 28.2 Å². The molecule has 10 nitrogen and oxygen atoms in total. The second kappa shape index (κ2) is 12.1. The fourth-order valence-electron chi connectivity index (χ4n) is 5.40. The lowest BCUT2D eigenvalue weighted by molar-refractivity contribution is -0.0469. The van der Waals surface area contributed by atoms with E-state index < -0.39 is 36.2 Å². The summed E-state index contributed by atoms with van der Waals surface area (Å²) in [5.74, 6) is -2.53. The van der Waals surface area contributed by atoms with E-state index in [-0.39, 0.29) is 40.1 Å². The highest BCUT2D eigenvalue weighted by Crippen LogP contribution is 2.40. The fourth-order valence-corrected chi connectivity index (χ4v) is 5.40.